The van der Waals surface area contributed by atoms with E-state index < -0.39 is 47.9 Å². The number of hydrogen-bond donors (Lipinski definition) is 6. The first-order chi connectivity index (χ1) is 15.0. The van der Waals surface area contributed by atoms with Gasteiger partial charge in [-0.25, -0.2) is 4.98 Å². The highest BCUT2D eigenvalue weighted by atomic mass is 16.4. The summed E-state index contributed by atoms with van der Waals surface area (Å²) < 4.78 is 0. The zero-order valence-electron chi connectivity index (χ0n) is 19.3. The van der Waals surface area contributed by atoms with Gasteiger partial charge in [0.2, 0.25) is 17.7 Å². The summed E-state index contributed by atoms with van der Waals surface area (Å²) in [6.07, 6.45) is 4.32. The van der Waals surface area contributed by atoms with Crippen molar-refractivity contribution in [3.05, 3.63) is 18.2 Å². The topological polar surface area (TPSA) is 179 Å². The van der Waals surface area contributed by atoms with Gasteiger partial charge in [-0.3, -0.25) is 19.2 Å². The van der Waals surface area contributed by atoms with E-state index in [1.54, 1.807) is 0 Å². The van der Waals surface area contributed by atoms with Gasteiger partial charge >= 0.3 is 5.97 Å². The van der Waals surface area contributed by atoms with E-state index in [4.69, 9.17) is 10.8 Å². The summed E-state index contributed by atoms with van der Waals surface area (Å²) >= 11 is 0. The summed E-state index contributed by atoms with van der Waals surface area (Å²) in [4.78, 5) is 56.3. The van der Waals surface area contributed by atoms with Gasteiger partial charge in [0.05, 0.1) is 12.4 Å². The van der Waals surface area contributed by atoms with Crippen molar-refractivity contribution >= 4 is 23.7 Å². The monoisotopic (exact) mass is 452 g/mol. The smallest absolute Gasteiger partial charge is 0.325 e. The number of amides is 3. The fourth-order valence-electron chi connectivity index (χ4n) is 2.93. The highest BCUT2D eigenvalue weighted by Gasteiger charge is 2.32. The molecule has 0 aliphatic heterocycles. The molecule has 3 amide bonds. The zero-order chi connectivity index (χ0) is 24.4. The van der Waals surface area contributed by atoms with Crippen LogP contribution in [-0.2, 0) is 25.6 Å². The van der Waals surface area contributed by atoms with Crippen molar-refractivity contribution in [2.24, 2.45) is 17.6 Å². The van der Waals surface area contributed by atoms with Gasteiger partial charge in [-0.15, -0.1) is 0 Å². The summed E-state index contributed by atoms with van der Waals surface area (Å²) in [7, 11) is 0. The van der Waals surface area contributed by atoms with Gasteiger partial charge in [-0.2, -0.15) is 0 Å². The second-order valence-electron chi connectivity index (χ2n) is 8.19. The average molecular weight is 453 g/mol. The largest absolute Gasteiger partial charge is 0.480 e. The number of carboxylic acids is 1. The number of aromatic amines is 1. The van der Waals surface area contributed by atoms with Gasteiger partial charge < -0.3 is 31.8 Å². The molecule has 180 valence electrons. The molecule has 0 aromatic carbocycles. The van der Waals surface area contributed by atoms with Crippen LogP contribution in [0, 0.1) is 11.8 Å². The molecule has 6 atom stereocenters. The van der Waals surface area contributed by atoms with E-state index in [-0.39, 0.29) is 18.3 Å². The highest BCUT2D eigenvalue weighted by Crippen LogP contribution is 2.12. The number of rotatable bonds is 13. The predicted octanol–water partition coefficient (Wildman–Crippen LogP) is -0.0694. The Morgan fingerprint density at radius 2 is 1.62 bits per heavy atom. The lowest BCUT2D eigenvalue weighted by atomic mass is 9.95. The summed E-state index contributed by atoms with van der Waals surface area (Å²) in [5, 5.41) is 16.8. The molecule has 0 saturated carbocycles. The number of aromatic nitrogens is 2. The van der Waals surface area contributed by atoms with Crippen LogP contribution in [0.15, 0.2) is 12.5 Å². The molecule has 11 nitrogen and oxygen atoms in total. The van der Waals surface area contributed by atoms with Crippen molar-refractivity contribution in [3.8, 4) is 0 Å². The lowest BCUT2D eigenvalue weighted by Gasteiger charge is -2.28. The van der Waals surface area contributed by atoms with Crippen molar-refractivity contribution in [1.29, 1.82) is 0 Å². The second-order valence-corrected chi connectivity index (χ2v) is 8.19. The van der Waals surface area contributed by atoms with Crippen LogP contribution < -0.4 is 21.7 Å². The van der Waals surface area contributed by atoms with E-state index >= 15 is 0 Å². The third kappa shape index (κ3) is 7.95. The molecule has 1 heterocycles. The Balaban J connectivity index is 3.03. The molecule has 0 spiro atoms. The number of imidazole rings is 1. The van der Waals surface area contributed by atoms with Gasteiger partial charge in [-0.1, -0.05) is 40.5 Å². The molecule has 6 unspecified atom stereocenters. The maximum Gasteiger partial charge on any atom is 0.325 e. The molecule has 11 heteroatoms. The van der Waals surface area contributed by atoms with Gasteiger partial charge in [-0.05, 0) is 18.8 Å². The fraction of sp³-hybridized carbons (Fsp3) is 0.667. The zero-order valence-corrected chi connectivity index (χ0v) is 19.3. The lowest BCUT2D eigenvalue weighted by molar-refractivity contribution is -0.141. The molecule has 32 heavy (non-hydrogen) atoms. The number of carboxylic acid groups (broad SMARTS) is 1. The second kappa shape index (κ2) is 12.8. The van der Waals surface area contributed by atoms with E-state index in [0.29, 0.717) is 18.5 Å². The minimum absolute atomic E-state index is 0.0629. The van der Waals surface area contributed by atoms with Crippen LogP contribution in [0.5, 0.6) is 0 Å². The molecule has 1 aromatic heterocycles. The number of hydrogen-bond acceptors (Lipinski definition) is 6. The summed E-state index contributed by atoms with van der Waals surface area (Å²) in [6, 6.07) is -3.88. The van der Waals surface area contributed by atoms with E-state index in [2.05, 4.69) is 25.9 Å². The van der Waals surface area contributed by atoms with Crippen molar-refractivity contribution in [3.63, 3.8) is 0 Å². The van der Waals surface area contributed by atoms with Gasteiger partial charge in [0.15, 0.2) is 0 Å². The fourth-order valence-corrected chi connectivity index (χ4v) is 2.93. The summed E-state index contributed by atoms with van der Waals surface area (Å²) in [6.45, 7) is 8.81. The van der Waals surface area contributed by atoms with Gasteiger partial charge in [0.25, 0.3) is 0 Å². The first-order valence-electron chi connectivity index (χ1n) is 10.9. The minimum atomic E-state index is -1.20. The summed E-state index contributed by atoms with van der Waals surface area (Å²) in [5.74, 6) is -3.13. The molecule has 7 N–H and O–H groups in total. The number of aliphatic carboxylic acids is 1. The number of carbonyl (C=O) groups is 4. The number of H-pyrrole nitrogens is 1. The molecule has 0 aliphatic carbocycles. The number of nitrogens with two attached hydrogens (primary N) is 1. The lowest BCUT2D eigenvalue weighted by Crippen LogP contribution is -2.59. The van der Waals surface area contributed by atoms with Crippen molar-refractivity contribution in [2.45, 2.75) is 78.0 Å². The Bertz CT molecular complexity index is 769. The molecule has 0 saturated heterocycles. The van der Waals surface area contributed by atoms with Crippen LogP contribution >= 0.6 is 0 Å². The highest BCUT2D eigenvalue weighted by molar-refractivity contribution is 5.94. The van der Waals surface area contributed by atoms with Crippen molar-refractivity contribution in [2.75, 3.05) is 0 Å². The molecular formula is C21H36N6O5. The first kappa shape index (κ1) is 27.1. The quantitative estimate of drug-likeness (QED) is 0.242. The number of nitrogens with zero attached hydrogens (tertiary/aromatic N) is 1. The number of carbonyl (C=O) groups excluding carboxylic acids is 3. The van der Waals surface area contributed by atoms with Crippen LogP contribution in [0.1, 0.15) is 53.2 Å². The molecular weight excluding hydrogens is 416 g/mol. The third-order valence-corrected chi connectivity index (χ3v) is 5.69. The van der Waals surface area contributed by atoms with Crippen molar-refractivity contribution in [1.82, 2.24) is 25.9 Å². The summed E-state index contributed by atoms with van der Waals surface area (Å²) in [5.41, 5.74) is 6.59. The Hall–Kier alpha value is -2.95. The third-order valence-electron chi connectivity index (χ3n) is 5.69. The molecule has 0 radical (unpaired) electrons. The maximum absolute atomic E-state index is 13.1. The van der Waals surface area contributed by atoms with Gasteiger partial charge in [0.1, 0.15) is 18.1 Å². The van der Waals surface area contributed by atoms with E-state index in [9.17, 15) is 19.2 Å². The normalized spacial score (nSPS) is 16.7. The molecule has 0 bridgehead atoms. The van der Waals surface area contributed by atoms with Crippen LogP contribution in [0.2, 0.25) is 0 Å². The minimum Gasteiger partial charge on any atom is -0.480 e. The molecule has 1 aromatic rings. The Kier molecular flexibility index (Phi) is 10.8. The number of nitrogens with one attached hydrogen (secondary N) is 4. The van der Waals surface area contributed by atoms with Gasteiger partial charge in [0, 0.05) is 18.3 Å². The Labute approximate surface area is 188 Å². The Morgan fingerprint density at radius 1 is 1.00 bits per heavy atom. The van der Waals surface area contributed by atoms with Crippen LogP contribution in [0.3, 0.4) is 0 Å². The molecule has 1 rings (SSSR count). The van der Waals surface area contributed by atoms with E-state index in [0.717, 1.165) is 0 Å². The van der Waals surface area contributed by atoms with Crippen molar-refractivity contribution < 1.29 is 24.3 Å². The Morgan fingerprint density at radius 3 is 2.12 bits per heavy atom. The van der Waals surface area contributed by atoms with E-state index in [1.807, 2.05) is 27.7 Å². The maximum atomic E-state index is 13.1. The van der Waals surface area contributed by atoms with Crippen LogP contribution in [0.25, 0.3) is 0 Å². The standard InChI is InChI=1S/C21H36N6O5/c1-6-11(3)16(22)19(29)27-17(12(4)7-2)20(30)26-15(8-14-9-23-10-24-14)18(28)25-13(5)21(31)32/h9-13,15-17H,6-8,22H2,1-5H3,(H,23,24)(H,25,28)(H,26,30)(H,27,29)(H,31,32). The first-order valence-corrected chi connectivity index (χ1v) is 10.9. The van der Waals surface area contributed by atoms with Crippen LogP contribution in [-0.4, -0.2) is 62.9 Å². The van der Waals surface area contributed by atoms with Crippen LogP contribution in [0.4, 0.5) is 0 Å². The SMILES string of the molecule is CCC(C)C(N)C(=O)NC(C(=O)NC(Cc1cnc[nH]1)C(=O)NC(C)C(=O)O)C(C)CC. The van der Waals surface area contributed by atoms with E-state index in [1.165, 1.54) is 19.4 Å². The molecule has 0 aliphatic rings. The molecule has 0 fully saturated rings. The average Bonchev–Trinajstić information content (AvgIpc) is 3.27. The predicted molar refractivity (Wildman–Crippen MR) is 118 cm³/mol.